The zero-order valence-corrected chi connectivity index (χ0v) is 8.74. The van der Waals surface area contributed by atoms with Gasteiger partial charge in [0.15, 0.2) is 0 Å². The molecule has 1 aromatic heterocycles. The number of nitrogens with zero attached hydrogens (tertiary/aromatic N) is 1. The fourth-order valence-electron chi connectivity index (χ4n) is 1.73. The minimum Gasteiger partial charge on any atom is -0.439 e. The van der Waals surface area contributed by atoms with Crippen LogP contribution in [-0.2, 0) is 0 Å². The summed E-state index contributed by atoms with van der Waals surface area (Å²) in [5.41, 5.74) is 7.90. The topological polar surface area (TPSA) is 63.0 Å². The average Bonchev–Trinajstić information content (AvgIpc) is 2.52. The van der Waals surface area contributed by atoms with E-state index >= 15 is 0 Å². The van der Waals surface area contributed by atoms with Gasteiger partial charge >= 0.3 is 0 Å². The Kier molecular flexibility index (Phi) is 2.12. The van der Waals surface area contributed by atoms with Gasteiger partial charge in [-0.25, -0.2) is 0 Å². The van der Waals surface area contributed by atoms with Crippen molar-refractivity contribution in [2.24, 2.45) is 0 Å². The number of nitrogen functional groups attached to an aromatic ring is 1. The third kappa shape index (κ3) is 1.35. The molecule has 0 spiro atoms. The lowest BCUT2D eigenvalue weighted by Crippen LogP contribution is -1.86. The number of fused-ring (bicyclic) bond motifs is 1. The second kappa shape index (κ2) is 3.32. The van der Waals surface area contributed by atoms with Crippen LogP contribution in [-0.4, -0.2) is 0 Å². The van der Waals surface area contributed by atoms with Crippen LogP contribution in [0.1, 0.15) is 30.9 Å². The highest BCUT2D eigenvalue weighted by atomic mass is 16.3. The lowest BCUT2D eigenvalue weighted by atomic mass is 10.0. The summed E-state index contributed by atoms with van der Waals surface area (Å²) >= 11 is 0. The van der Waals surface area contributed by atoms with E-state index in [-0.39, 0.29) is 5.88 Å². The molecule has 2 aromatic rings. The van der Waals surface area contributed by atoms with Crippen LogP contribution < -0.4 is 5.73 Å². The second-order valence-electron chi connectivity index (χ2n) is 3.83. The van der Waals surface area contributed by atoms with Crippen molar-refractivity contribution in [3.05, 3.63) is 29.3 Å². The van der Waals surface area contributed by atoms with Gasteiger partial charge in [-0.15, -0.1) is 0 Å². The third-order valence-corrected chi connectivity index (χ3v) is 2.51. The molecule has 1 aromatic carbocycles. The highest BCUT2D eigenvalue weighted by Crippen LogP contribution is 2.32. The van der Waals surface area contributed by atoms with E-state index in [9.17, 15) is 0 Å². The number of anilines is 1. The van der Waals surface area contributed by atoms with Gasteiger partial charge < -0.3 is 10.2 Å². The van der Waals surface area contributed by atoms with Crippen LogP contribution in [0.2, 0.25) is 0 Å². The number of rotatable bonds is 1. The van der Waals surface area contributed by atoms with E-state index in [0.717, 1.165) is 16.5 Å². The van der Waals surface area contributed by atoms with Crippen LogP contribution in [0.25, 0.3) is 11.0 Å². The maximum atomic E-state index is 8.94. The van der Waals surface area contributed by atoms with Crippen molar-refractivity contribution in [3.8, 4) is 6.07 Å². The summed E-state index contributed by atoms with van der Waals surface area (Å²) in [7, 11) is 0. The van der Waals surface area contributed by atoms with Crippen LogP contribution >= 0.6 is 0 Å². The third-order valence-electron chi connectivity index (χ3n) is 2.51. The van der Waals surface area contributed by atoms with E-state index in [4.69, 9.17) is 15.4 Å². The molecule has 76 valence electrons. The Morgan fingerprint density at radius 1 is 1.40 bits per heavy atom. The number of nitrogens with two attached hydrogens (primary N) is 1. The standard InChI is InChI=1S/C12H12N2O/c1-7(2)8-4-3-5-9-10(6-13)12(14)15-11(8)9/h3-5,7H,14H2,1-2H3. The van der Waals surface area contributed by atoms with Gasteiger partial charge in [0, 0.05) is 5.39 Å². The lowest BCUT2D eigenvalue weighted by Gasteiger charge is -2.04. The largest absolute Gasteiger partial charge is 0.439 e. The maximum Gasteiger partial charge on any atom is 0.209 e. The maximum absolute atomic E-state index is 8.94. The molecule has 0 unspecified atom stereocenters. The molecule has 0 amide bonds. The minimum absolute atomic E-state index is 0.209. The molecule has 0 fully saturated rings. The van der Waals surface area contributed by atoms with Crippen molar-refractivity contribution in [1.29, 1.82) is 5.26 Å². The van der Waals surface area contributed by atoms with Gasteiger partial charge in [0.1, 0.15) is 17.2 Å². The van der Waals surface area contributed by atoms with E-state index in [1.54, 1.807) is 0 Å². The Hall–Kier alpha value is -1.95. The monoisotopic (exact) mass is 200 g/mol. The number of furan rings is 1. The summed E-state index contributed by atoms with van der Waals surface area (Å²) < 4.78 is 5.44. The highest BCUT2D eigenvalue weighted by Gasteiger charge is 2.15. The normalized spacial score (nSPS) is 10.8. The van der Waals surface area contributed by atoms with Crippen molar-refractivity contribution in [2.75, 3.05) is 5.73 Å². The molecule has 3 heteroatoms. The fourth-order valence-corrected chi connectivity index (χ4v) is 1.73. The van der Waals surface area contributed by atoms with Gasteiger partial charge in [-0.1, -0.05) is 26.0 Å². The molecule has 0 saturated carbocycles. The number of hydrogen-bond donors (Lipinski definition) is 1. The van der Waals surface area contributed by atoms with Gasteiger partial charge in [0.25, 0.3) is 0 Å². The molecule has 0 radical (unpaired) electrons. The molecule has 3 nitrogen and oxygen atoms in total. The molecule has 15 heavy (non-hydrogen) atoms. The molecule has 0 bridgehead atoms. The highest BCUT2D eigenvalue weighted by molar-refractivity contribution is 5.90. The van der Waals surface area contributed by atoms with Gasteiger partial charge in [0.05, 0.1) is 0 Å². The Labute approximate surface area is 88.1 Å². The van der Waals surface area contributed by atoms with Gasteiger partial charge in [-0.2, -0.15) is 5.26 Å². The molecular formula is C12H12N2O. The summed E-state index contributed by atoms with van der Waals surface area (Å²) in [5, 5.41) is 9.75. The second-order valence-corrected chi connectivity index (χ2v) is 3.83. The zero-order valence-electron chi connectivity index (χ0n) is 8.74. The first-order chi connectivity index (χ1) is 7.15. The molecule has 0 saturated heterocycles. The minimum atomic E-state index is 0.209. The van der Waals surface area contributed by atoms with E-state index in [1.807, 2.05) is 18.2 Å². The van der Waals surface area contributed by atoms with Gasteiger partial charge in [-0.05, 0) is 17.5 Å². The van der Waals surface area contributed by atoms with Crippen molar-refractivity contribution in [2.45, 2.75) is 19.8 Å². The van der Waals surface area contributed by atoms with Crippen molar-refractivity contribution in [1.82, 2.24) is 0 Å². The smallest absolute Gasteiger partial charge is 0.209 e. The molecule has 2 rings (SSSR count). The summed E-state index contributed by atoms with van der Waals surface area (Å²) in [6.07, 6.45) is 0. The summed E-state index contributed by atoms with van der Waals surface area (Å²) in [6.45, 7) is 4.17. The van der Waals surface area contributed by atoms with E-state index in [1.165, 1.54) is 0 Å². The molecule has 0 aliphatic heterocycles. The molecule has 0 aliphatic rings. The van der Waals surface area contributed by atoms with Crippen molar-refractivity contribution >= 4 is 16.9 Å². The number of para-hydroxylation sites is 1. The zero-order chi connectivity index (χ0) is 11.0. The van der Waals surface area contributed by atoms with Crippen LogP contribution in [0.15, 0.2) is 22.6 Å². The summed E-state index contributed by atoms with van der Waals surface area (Å²) in [4.78, 5) is 0. The lowest BCUT2D eigenvalue weighted by molar-refractivity contribution is 0.627. The van der Waals surface area contributed by atoms with Crippen LogP contribution in [0, 0.1) is 11.3 Å². The molecular weight excluding hydrogens is 188 g/mol. The Balaban J connectivity index is 2.85. The van der Waals surface area contributed by atoms with Gasteiger partial charge in [-0.3, -0.25) is 0 Å². The average molecular weight is 200 g/mol. The Bertz CT molecular complexity index is 546. The molecule has 0 atom stereocenters. The molecule has 0 aliphatic carbocycles. The van der Waals surface area contributed by atoms with Crippen LogP contribution in [0.4, 0.5) is 5.88 Å². The Morgan fingerprint density at radius 2 is 2.13 bits per heavy atom. The first-order valence-electron chi connectivity index (χ1n) is 4.86. The SMILES string of the molecule is CC(C)c1cccc2c(C#N)c(N)oc12. The summed E-state index contributed by atoms with van der Waals surface area (Å²) in [6, 6.07) is 7.85. The predicted octanol–water partition coefficient (Wildman–Crippen LogP) is 3.01. The molecule has 2 N–H and O–H groups in total. The van der Waals surface area contributed by atoms with E-state index < -0.39 is 0 Å². The van der Waals surface area contributed by atoms with E-state index in [0.29, 0.717) is 11.5 Å². The quantitative estimate of drug-likeness (QED) is 0.769. The van der Waals surface area contributed by atoms with Crippen molar-refractivity contribution < 1.29 is 4.42 Å². The first kappa shape index (κ1) is 9.60. The van der Waals surface area contributed by atoms with Crippen LogP contribution in [0.5, 0.6) is 0 Å². The number of nitriles is 1. The summed E-state index contributed by atoms with van der Waals surface area (Å²) in [5.74, 6) is 0.561. The number of hydrogen-bond acceptors (Lipinski definition) is 3. The predicted molar refractivity (Wildman–Crippen MR) is 59.4 cm³/mol. The van der Waals surface area contributed by atoms with E-state index in [2.05, 4.69) is 19.9 Å². The first-order valence-corrected chi connectivity index (χ1v) is 4.86. The molecule has 1 heterocycles. The Morgan fingerprint density at radius 3 is 2.73 bits per heavy atom. The fraction of sp³-hybridized carbons (Fsp3) is 0.250. The number of benzene rings is 1. The van der Waals surface area contributed by atoms with Crippen LogP contribution in [0.3, 0.4) is 0 Å². The van der Waals surface area contributed by atoms with Gasteiger partial charge in [0.2, 0.25) is 5.88 Å². The van der Waals surface area contributed by atoms with Crippen molar-refractivity contribution in [3.63, 3.8) is 0 Å².